The summed E-state index contributed by atoms with van der Waals surface area (Å²) in [5, 5.41) is 13.7. The van der Waals surface area contributed by atoms with Crippen LogP contribution in [0.2, 0.25) is 0 Å². The van der Waals surface area contributed by atoms with Gasteiger partial charge in [-0.3, -0.25) is 9.79 Å². The van der Waals surface area contributed by atoms with Gasteiger partial charge >= 0.3 is 0 Å². The Kier molecular flexibility index (Phi) is 6.51. The fourth-order valence-electron chi connectivity index (χ4n) is 4.29. The number of hydrogen-bond acceptors (Lipinski definition) is 6. The van der Waals surface area contributed by atoms with Crippen LogP contribution in [-0.4, -0.2) is 43.3 Å². The highest BCUT2D eigenvalue weighted by Crippen LogP contribution is 2.38. The van der Waals surface area contributed by atoms with E-state index in [2.05, 4.69) is 53.0 Å². The molecule has 3 aromatic rings. The molecule has 3 N–H and O–H groups in total. The van der Waals surface area contributed by atoms with Crippen molar-refractivity contribution >= 4 is 28.6 Å². The molecule has 1 aliphatic rings. The number of nitrogens with zero attached hydrogens (tertiary/aromatic N) is 3. The SMILES string of the molecule is CN(C)C(=O)c1cccc(Nc2n[s+]([O-])[nH]c2=NC(c2ccc3c(c2)CCC3)C(C)(C)C)c1O. The highest BCUT2D eigenvalue weighted by molar-refractivity contribution is 7.13. The summed E-state index contributed by atoms with van der Waals surface area (Å²) in [6.45, 7) is 6.35. The molecule has 1 aromatic heterocycles. The molecule has 0 spiro atoms. The number of carbonyl (C=O) groups is 1. The van der Waals surface area contributed by atoms with E-state index in [4.69, 9.17) is 4.99 Å². The summed E-state index contributed by atoms with van der Waals surface area (Å²) in [6, 6.07) is 11.2. The van der Waals surface area contributed by atoms with E-state index in [9.17, 15) is 14.5 Å². The van der Waals surface area contributed by atoms with Gasteiger partial charge in [0.15, 0.2) is 16.9 Å². The monoisotopic (exact) mass is 481 g/mol. The molecule has 0 aliphatic heterocycles. The number of aromatic nitrogens is 2. The summed E-state index contributed by atoms with van der Waals surface area (Å²) in [5.74, 6) is -0.278. The molecule has 9 heteroatoms. The summed E-state index contributed by atoms with van der Waals surface area (Å²) >= 11 is -1.70. The number of fused-ring (bicyclic) bond motifs is 1. The lowest BCUT2D eigenvalue weighted by Crippen LogP contribution is -2.22. The number of para-hydroxylation sites is 1. The maximum atomic E-state index is 12.4. The van der Waals surface area contributed by atoms with Crippen molar-refractivity contribution in [1.82, 2.24) is 13.6 Å². The molecule has 34 heavy (non-hydrogen) atoms. The third-order valence-electron chi connectivity index (χ3n) is 6.02. The van der Waals surface area contributed by atoms with Crippen LogP contribution in [0.15, 0.2) is 41.4 Å². The molecule has 4 rings (SSSR count). The zero-order valence-electron chi connectivity index (χ0n) is 20.2. The number of hydrogen-bond donors (Lipinski definition) is 3. The lowest BCUT2D eigenvalue weighted by molar-refractivity contribution is 0.0824. The number of amides is 1. The van der Waals surface area contributed by atoms with Gasteiger partial charge in [0.05, 0.1) is 17.3 Å². The fourth-order valence-corrected chi connectivity index (χ4v) is 4.95. The first-order valence-corrected chi connectivity index (χ1v) is 12.4. The average molecular weight is 482 g/mol. The molecular weight excluding hydrogens is 450 g/mol. The first kappa shape index (κ1) is 24.0. The molecule has 8 nitrogen and oxygen atoms in total. The number of anilines is 2. The molecule has 0 fully saturated rings. The summed E-state index contributed by atoms with van der Waals surface area (Å²) in [6.07, 6.45) is 3.37. The second kappa shape index (κ2) is 9.23. The Hall–Kier alpha value is -3.17. The summed E-state index contributed by atoms with van der Waals surface area (Å²) in [5.41, 5.74) is 4.45. The quantitative estimate of drug-likeness (QED) is 0.367. The first-order valence-electron chi connectivity index (χ1n) is 11.3. The Bertz CT molecular complexity index is 1290. The van der Waals surface area contributed by atoms with E-state index in [-0.39, 0.29) is 40.2 Å². The number of aryl methyl sites for hydroxylation is 2. The normalized spacial score (nSPS) is 15.2. The number of rotatable bonds is 5. The van der Waals surface area contributed by atoms with E-state index in [1.165, 1.54) is 22.4 Å². The highest BCUT2D eigenvalue weighted by Gasteiger charge is 2.28. The third kappa shape index (κ3) is 4.85. The van der Waals surface area contributed by atoms with Gasteiger partial charge in [-0.2, -0.15) is 0 Å². The van der Waals surface area contributed by atoms with E-state index in [0.29, 0.717) is 5.49 Å². The molecule has 1 amide bonds. The van der Waals surface area contributed by atoms with Crippen LogP contribution in [0.1, 0.15) is 60.3 Å². The lowest BCUT2D eigenvalue weighted by atomic mass is 9.82. The topological polar surface area (TPSA) is 117 Å². The van der Waals surface area contributed by atoms with Crippen LogP contribution in [-0.2, 0) is 12.8 Å². The molecule has 2 unspecified atom stereocenters. The van der Waals surface area contributed by atoms with Gasteiger partial charge in [-0.15, -0.1) is 4.37 Å². The van der Waals surface area contributed by atoms with Crippen molar-refractivity contribution in [3.8, 4) is 5.75 Å². The maximum Gasteiger partial charge on any atom is 0.257 e. The van der Waals surface area contributed by atoms with Gasteiger partial charge < -0.3 is 19.9 Å². The van der Waals surface area contributed by atoms with Gasteiger partial charge in [0.25, 0.3) is 5.91 Å². The van der Waals surface area contributed by atoms with Crippen molar-refractivity contribution in [2.75, 3.05) is 19.4 Å². The summed E-state index contributed by atoms with van der Waals surface area (Å²) in [7, 11) is 3.23. The van der Waals surface area contributed by atoms with E-state index >= 15 is 0 Å². The van der Waals surface area contributed by atoms with Crippen LogP contribution in [0.4, 0.5) is 11.5 Å². The Morgan fingerprint density at radius 2 is 1.97 bits per heavy atom. The predicted molar refractivity (Wildman–Crippen MR) is 133 cm³/mol. The van der Waals surface area contributed by atoms with E-state index in [1.807, 2.05) is 0 Å². The number of phenolic OH excluding ortho intramolecular Hbond substituents is 1. The summed E-state index contributed by atoms with van der Waals surface area (Å²) in [4.78, 5) is 18.7. The molecule has 0 radical (unpaired) electrons. The van der Waals surface area contributed by atoms with Crippen LogP contribution < -0.4 is 10.8 Å². The Morgan fingerprint density at radius 3 is 2.68 bits per heavy atom. The summed E-state index contributed by atoms with van der Waals surface area (Å²) < 4.78 is 19.2. The smallest absolute Gasteiger partial charge is 0.257 e. The predicted octanol–water partition coefficient (Wildman–Crippen LogP) is 4.47. The minimum Gasteiger partial charge on any atom is -0.548 e. The molecule has 2 aromatic carbocycles. The number of nitrogens with one attached hydrogen (secondary N) is 2. The molecule has 0 saturated carbocycles. The number of H-pyrrole nitrogens is 1. The second-order valence-corrected chi connectivity index (χ2v) is 10.8. The average Bonchev–Trinajstić information content (AvgIpc) is 3.37. The van der Waals surface area contributed by atoms with Crippen molar-refractivity contribution in [3.05, 3.63) is 64.1 Å². The number of aromatic amines is 1. The molecule has 0 bridgehead atoms. The van der Waals surface area contributed by atoms with Gasteiger partial charge in [-0.1, -0.05) is 45.0 Å². The van der Waals surface area contributed by atoms with Crippen molar-refractivity contribution in [2.45, 2.75) is 46.1 Å². The van der Waals surface area contributed by atoms with E-state index < -0.39 is 11.1 Å². The van der Waals surface area contributed by atoms with Crippen LogP contribution in [0, 0.1) is 5.41 Å². The first-order chi connectivity index (χ1) is 16.0. The number of benzene rings is 2. The molecule has 2 atom stereocenters. The van der Waals surface area contributed by atoms with E-state index in [0.717, 1.165) is 18.4 Å². The Labute approximate surface area is 202 Å². The Morgan fingerprint density at radius 1 is 1.24 bits per heavy atom. The van der Waals surface area contributed by atoms with Gasteiger partial charge in [0, 0.05) is 18.5 Å². The van der Waals surface area contributed by atoms with Gasteiger partial charge in [0.1, 0.15) is 0 Å². The number of phenols is 1. The molecule has 180 valence electrons. The van der Waals surface area contributed by atoms with Gasteiger partial charge in [0.2, 0.25) is 11.3 Å². The Balaban J connectivity index is 1.75. The largest absolute Gasteiger partial charge is 0.548 e. The molecular formula is C25H31N5O3S. The fraction of sp³-hybridized carbons (Fsp3) is 0.400. The number of carbonyl (C=O) groups excluding carboxylic acids is 1. The van der Waals surface area contributed by atoms with Crippen molar-refractivity contribution < 1.29 is 14.5 Å². The minimum absolute atomic E-state index is 0.159. The van der Waals surface area contributed by atoms with Crippen LogP contribution in [0.5, 0.6) is 5.75 Å². The standard InChI is InChI=1S/C25H31N5O3S/c1-25(2,3)21(17-13-12-15-8-6-9-16(15)14-17)27-23-22(28-34(33)29-23)26-19-11-7-10-18(20(19)31)24(32)30(4)5/h7,10-14,21,31H,6,8-9H2,1-5H3,(H,26,28)(H,27,29). The maximum absolute atomic E-state index is 12.4. The van der Waals surface area contributed by atoms with Crippen molar-refractivity contribution in [1.29, 1.82) is 0 Å². The minimum atomic E-state index is -1.70. The van der Waals surface area contributed by atoms with Crippen molar-refractivity contribution in [3.63, 3.8) is 0 Å². The zero-order valence-corrected chi connectivity index (χ0v) is 21.0. The molecule has 0 saturated heterocycles. The highest BCUT2D eigenvalue weighted by atomic mass is 32.2. The molecule has 1 aliphatic carbocycles. The molecule has 1 heterocycles. The second-order valence-electron chi connectivity index (χ2n) is 9.95. The van der Waals surface area contributed by atoms with Crippen molar-refractivity contribution in [2.24, 2.45) is 10.4 Å². The van der Waals surface area contributed by atoms with Crippen LogP contribution in [0.3, 0.4) is 0 Å². The lowest BCUT2D eigenvalue weighted by Gasteiger charge is -2.28. The van der Waals surface area contributed by atoms with Gasteiger partial charge in [-0.25, -0.2) is 0 Å². The number of aromatic hydroxyl groups is 1. The van der Waals surface area contributed by atoms with Crippen LogP contribution >= 0.6 is 11.1 Å². The third-order valence-corrected chi connectivity index (χ3v) is 6.74. The zero-order chi connectivity index (χ0) is 24.6. The van der Waals surface area contributed by atoms with Crippen LogP contribution in [0.25, 0.3) is 0 Å². The van der Waals surface area contributed by atoms with E-state index in [1.54, 1.807) is 32.3 Å². The van der Waals surface area contributed by atoms with Gasteiger partial charge in [-0.05, 0) is 53.5 Å².